The molecule has 0 aromatic heterocycles. The maximum absolute atomic E-state index is 12.9. The van der Waals surface area contributed by atoms with Crippen molar-refractivity contribution >= 4 is 23.7 Å². The van der Waals surface area contributed by atoms with E-state index in [1.807, 2.05) is 0 Å². The summed E-state index contributed by atoms with van der Waals surface area (Å²) in [6.45, 7) is 0.311. The van der Waals surface area contributed by atoms with E-state index in [9.17, 15) is 14.0 Å². The van der Waals surface area contributed by atoms with Crippen LogP contribution in [0.5, 0.6) is 11.5 Å². The van der Waals surface area contributed by atoms with Crippen LogP contribution in [0.2, 0.25) is 0 Å². The van der Waals surface area contributed by atoms with Gasteiger partial charge in [0, 0.05) is 0 Å². The Morgan fingerprint density at radius 3 is 2.39 bits per heavy atom. The van der Waals surface area contributed by atoms with Crippen molar-refractivity contribution in [3.05, 3.63) is 89.7 Å². The van der Waals surface area contributed by atoms with Gasteiger partial charge in [0.2, 0.25) is 0 Å². The Bertz CT molecular complexity index is 1070. The van der Waals surface area contributed by atoms with Crippen LogP contribution >= 0.6 is 0 Å². The van der Waals surface area contributed by atoms with E-state index in [4.69, 9.17) is 9.47 Å². The highest BCUT2D eigenvalue weighted by Crippen LogP contribution is 2.22. The second-order valence-corrected chi connectivity index (χ2v) is 6.34. The molecule has 3 aromatic rings. The first-order valence-corrected chi connectivity index (χ1v) is 9.30. The smallest absolute Gasteiger partial charge is 0.329 e. The van der Waals surface area contributed by atoms with E-state index < -0.39 is 11.8 Å². The molecule has 3 aromatic carbocycles. The van der Waals surface area contributed by atoms with Gasteiger partial charge in [0.1, 0.15) is 23.9 Å². The highest BCUT2D eigenvalue weighted by Gasteiger charge is 2.14. The van der Waals surface area contributed by atoms with E-state index in [-0.39, 0.29) is 5.82 Å². The number of carbonyl (C=O) groups is 2. The molecule has 2 N–H and O–H groups in total. The third kappa shape index (κ3) is 6.40. The summed E-state index contributed by atoms with van der Waals surface area (Å²) in [4.78, 5) is 23.9. The zero-order chi connectivity index (χ0) is 22.1. The number of rotatable bonds is 7. The molecule has 0 aliphatic heterocycles. The summed E-state index contributed by atoms with van der Waals surface area (Å²) < 4.78 is 23.7. The van der Waals surface area contributed by atoms with Gasteiger partial charge < -0.3 is 14.8 Å². The van der Waals surface area contributed by atoms with E-state index in [1.54, 1.807) is 60.7 Å². The molecule has 0 saturated carbocycles. The minimum absolute atomic E-state index is 0.295. The SMILES string of the molecule is COc1ccccc1NC(=O)C(=O)N/N=C/c1ccc(OCc2ccc(F)cc2)cc1. The van der Waals surface area contributed by atoms with Crippen LogP contribution in [0.25, 0.3) is 0 Å². The summed E-state index contributed by atoms with van der Waals surface area (Å²) in [6, 6.07) is 19.8. The van der Waals surface area contributed by atoms with Crippen molar-refractivity contribution < 1.29 is 23.5 Å². The number of para-hydroxylation sites is 2. The number of nitrogens with zero attached hydrogens (tertiary/aromatic N) is 1. The fourth-order valence-corrected chi connectivity index (χ4v) is 2.54. The number of methoxy groups -OCH3 is 1. The molecule has 7 nitrogen and oxygen atoms in total. The molecule has 0 aliphatic carbocycles. The lowest BCUT2D eigenvalue weighted by Gasteiger charge is -2.08. The number of hydrogen-bond acceptors (Lipinski definition) is 5. The van der Waals surface area contributed by atoms with Crippen molar-refractivity contribution in [1.82, 2.24) is 5.43 Å². The number of carbonyl (C=O) groups excluding carboxylic acids is 2. The van der Waals surface area contributed by atoms with Crippen LogP contribution in [-0.2, 0) is 16.2 Å². The Kier molecular flexibility index (Phi) is 7.31. The van der Waals surface area contributed by atoms with Crippen molar-refractivity contribution in [2.75, 3.05) is 12.4 Å². The third-order valence-corrected chi connectivity index (χ3v) is 4.14. The molecule has 0 unspecified atom stereocenters. The number of hydrazone groups is 1. The molecule has 2 amide bonds. The number of ether oxygens (including phenoxy) is 2. The lowest BCUT2D eigenvalue weighted by Crippen LogP contribution is -2.32. The fraction of sp³-hybridized carbons (Fsp3) is 0.0870. The van der Waals surface area contributed by atoms with E-state index in [0.717, 1.165) is 5.56 Å². The van der Waals surface area contributed by atoms with Gasteiger partial charge in [0.05, 0.1) is 19.0 Å². The van der Waals surface area contributed by atoms with Gasteiger partial charge in [0.25, 0.3) is 0 Å². The predicted molar refractivity (Wildman–Crippen MR) is 115 cm³/mol. The first-order valence-electron chi connectivity index (χ1n) is 9.30. The van der Waals surface area contributed by atoms with Gasteiger partial charge in [0.15, 0.2) is 0 Å². The Balaban J connectivity index is 1.48. The first-order chi connectivity index (χ1) is 15.0. The monoisotopic (exact) mass is 421 g/mol. The summed E-state index contributed by atoms with van der Waals surface area (Å²) in [6.07, 6.45) is 1.40. The summed E-state index contributed by atoms with van der Waals surface area (Å²) in [5.41, 5.74) is 4.09. The van der Waals surface area contributed by atoms with Gasteiger partial charge in [-0.05, 0) is 59.7 Å². The second-order valence-electron chi connectivity index (χ2n) is 6.34. The molecule has 0 atom stereocenters. The number of halogens is 1. The summed E-state index contributed by atoms with van der Waals surface area (Å²) >= 11 is 0. The molecular formula is C23H20FN3O4. The third-order valence-electron chi connectivity index (χ3n) is 4.14. The van der Waals surface area contributed by atoms with Gasteiger partial charge >= 0.3 is 11.8 Å². The zero-order valence-corrected chi connectivity index (χ0v) is 16.7. The molecule has 0 saturated heterocycles. The van der Waals surface area contributed by atoms with Gasteiger partial charge in [-0.25, -0.2) is 9.82 Å². The van der Waals surface area contributed by atoms with E-state index in [0.29, 0.717) is 29.4 Å². The van der Waals surface area contributed by atoms with Gasteiger partial charge in [-0.3, -0.25) is 9.59 Å². The van der Waals surface area contributed by atoms with Crippen molar-refractivity contribution in [2.24, 2.45) is 5.10 Å². The number of hydrogen-bond donors (Lipinski definition) is 2. The minimum Gasteiger partial charge on any atom is -0.495 e. The van der Waals surface area contributed by atoms with Gasteiger partial charge in [-0.15, -0.1) is 0 Å². The molecule has 8 heteroatoms. The average molecular weight is 421 g/mol. The molecule has 0 heterocycles. The van der Waals surface area contributed by atoms with Crippen molar-refractivity contribution in [1.29, 1.82) is 0 Å². The molecule has 3 rings (SSSR count). The standard InChI is InChI=1S/C23H20FN3O4/c1-30-21-5-3-2-4-20(21)26-22(28)23(29)27-25-14-16-8-12-19(13-9-16)31-15-17-6-10-18(24)11-7-17/h2-14H,15H2,1H3,(H,26,28)(H,27,29)/b25-14+. The lowest BCUT2D eigenvalue weighted by molar-refractivity contribution is -0.136. The molecule has 0 bridgehead atoms. The molecule has 0 aliphatic rings. The summed E-state index contributed by atoms with van der Waals surface area (Å²) in [7, 11) is 1.47. The minimum atomic E-state index is -0.915. The highest BCUT2D eigenvalue weighted by atomic mass is 19.1. The maximum Gasteiger partial charge on any atom is 0.329 e. The molecule has 0 fully saturated rings. The molecule has 0 radical (unpaired) electrons. The number of anilines is 1. The lowest BCUT2D eigenvalue weighted by atomic mass is 10.2. The van der Waals surface area contributed by atoms with Crippen molar-refractivity contribution in [3.63, 3.8) is 0 Å². The molecule has 158 valence electrons. The van der Waals surface area contributed by atoms with Crippen LogP contribution in [0.15, 0.2) is 77.9 Å². The predicted octanol–water partition coefficient (Wildman–Crippen LogP) is 3.50. The zero-order valence-electron chi connectivity index (χ0n) is 16.7. The van der Waals surface area contributed by atoms with Crippen molar-refractivity contribution in [2.45, 2.75) is 6.61 Å². The Morgan fingerprint density at radius 1 is 0.968 bits per heavy atom. The number of nitrogens with one attached hydrogen (secondary N) is 2. The van der Waals surface area contributed by atoms with Crippen LogP contribution in [0.1, 0.15) is 11.1 Å². The average Bonchev–Trinajstić information content (AvgIpc) is 2.80. The van der Waals surface area contributed by atoms with Crippen LogP contribution in [0.3, 0.4) is 0 Å². The van der Waals surface area contributed by atoms with E-state index in [2.05, 4.69) is 15.8 Å². The molecule has 0 spiro atoms. The quantitative estimate of drug-likeness (QED) is 0.347. The van der Waals surface area contributed by atoms with Crippen LogP contribution in [0, 0.1) is 5.82 Å². The first kappa shape index (κ1) is 21.5. The Morgan fingerprint density at radius 2 is 1.68 bits per heavy atom. The topological polar surface area (TPSA) is 89.0 Å². The summed E-state index contributed by atoms with van der Waals surface area (Å²) in [5, 5.41) is 6.25. The Hall–Kier alpha value is -4.20. The number of benzene rings is 3. The normalized spacial score (nSPS) is 10.5. The maximum atomic E-state index is 12.9. The fourth-order valence-electron chi connectivity index (χ4n) is 2.54. The van der Waals surface area contributed by atoms with Gasteiger partial charge in [-0.2, -0.15) is 5.10 Å². The van der Waals surface area contributed by atoms with Crippen molar-refractivity contribution in [3.8, 4) is 11.5 Å². The van der Waals surface area contributed by atoms with Crippen LogP contribution < -0.4 is 20.2 Å². The molecular weight excluding hydrogens is 401 g/mol. The van der Waals surface area contributed by atoms with Gasteiger partial charge in [-0.1, -0.05) is 24.3 Å². The Labute approximate surface area is 178 Å². The second kappa shape index (κ2) is 10.5. The van der Waals surface area contributed by atoms with E-state index >= 15 is 0 Å². The van der Waals surface area contributed by atoms with E-state index in [1.165, 1.54) is 25.5 Å². The van der Waals surface area contributed by atoms with Crippen LogP contribution in [-0.4, -0.2) is 25.1 Å². The summed E-state index contributed by atoms with van der Waals surface area (Å²) in [5.74, 6) is -1.01. The highest BCUT2D eigenvalue weighted by molar-refractivity contribution is 6.39. The van der Waals surface area contributed by atoms with Crippen LogP contribution in [0.4, 0.5) is 10.1 Å². The molecule has 31 heavy (non-hydrogen) atoms. The largest absolute Gasteiger partial charge is 0.495 e. The number of amides is 2.